The Labute approximate surface area is 121 Å². The van der Waals surface area contributed by atoms with Gasteiger partial charge in [0.1, 0.15) is 11.3 Å². The van der Waals surface area contributed by atoms with Crippen molar-refractivity contribution in [1.82, 2.24) is 9.55 Å². The Hall–Kier alpha value is -2.07. The Bertz CT molecular complexity index is 750. The van der Waals surface area contributed by atoms with E-state index in [0.29, 0.717) is 17.1 Å². The highest BCUT2D eigenvalue weighted by atomic mass is 35.5. The first-order valence-electron chi connectivity index (χ1n) is 6.24. The molecule has 102 valence electrons. The van der Waals surface area contributed by atoms with Crippen molar-refractivity contribution < 1.29 is 4.39 Å². The molecule has 0 atom stereocenters. The third-order valence-corrected chi connectivity index (χ3v) is 3.50. The molecule has 20 heavy (non-hydrogen) atoms. The second kappa shape index (κ2) is 5.13. The van der Waals surface area contributed by atoms with Crippen LogP contribution in [0.3, 0.4) is 0 Å². The Morgan fingerprint density at radius 3 is 2.65 bits per heavy atom. The van der Waals surface area contributed by atoms with E-state index in [1.807, 2.05) is 41.9 Å². The summed E-state index contributed by atoms with van der Waals surface area (Å²) in [4.78, 5) is 4.34. The first kappa shape index (κ1) is 12.9. The normalized spacial score (nSPS) is 10.9. The number of hydrogen-bond donors (Lipinski definition) is 1. The molecule has 0 saturated heterocycles. The van der Waals surface area contributed by atoms with Crippen molar-refractivity contribution in [2.75, 3.05) is 5.32 Å². The van der Waals surface area contributed by atoms with Crippen molar-refractivity contribution in [2.45, 2.75) is 6.54 Å². The molecule has 0 spiro atoms. The number of fused-ring (bicyclic) bond motifs is 1. The van der Waals surface area contributed by atoms with Crippen molar-refractivity contribution in [1.29, 1.82) is 0 Å². The van der Waals surface area contributed by atoms with Gasteiger partial charge < -0.3 is 9.88 Å². The van der Waals surface area contributed by atoms with Crippen molar-refractivity contribution >= 4 is 28.3 Å². The molecule has 3 aromatic rings. The molecular formula is C15H13ClFN3. The standard InChI is InChI=1S/C15H13ClFN3/c1-20-13-4-2-3-12(17)15(13)19-14(20)9-18-11-7-5-10(16)6-8-11/h2-8,18H,9H2,1H3. The highest BCUT2D eigenvalue weighted by molar-refractivity contribution is 6.30. The summed E-state index contributed by atoms with van der Waals surface area (Å²) in [6.45, 7) is 0.520. The number of rotatable bonds is 3. The van der Waals surface area contributed by atoms with E-state index in [0.717, 1.165) is 17.0 Å². The van der Waals surface area contributed by atoms with E-state index in [9.17, 15) is 4.39 Å². The van der Waals surface area contributed by atoms with Gasteiger partial charge in [-0.05, 0) is 36.4 Å². The van der Waals surface area contributed by atoms with Gasteiger partial charge in [0.25, 0.3) is 0 Å². The number of para-hydroxylation sites is 1. The highest BCUT2D eigenvalue weighted by Gasteiger charge is 2.10. The summed E-state index contributed by atoms with van der Waals surface area (Å²) in [5.74, 6) is 0.482. The second-order valence-electron chi connectivity index (χ2n) is 4.56. The molecule has 5 heteroatoms. The van der Waals surface area contributed by atoms with E-state index in [4.69, 9.17) is 11.6 Å². The van der Waals surface area contributed by atoms with Crippen LogP contribution in [-0.2, 0) is 13.6 Å². The average Bonchev–Trinajstić information content (AvgIpc) is 2.77. The van der Waals surface area contributed by atoms with Gasteiger partial charge in [-0.25, -0.2) is 9.37 Å². The fourth-order valence-corrected chi connectivity index (χ4v) is 2.26. The van der Waals surface area contributed by atoms with Gasteiger partial charge in [-0.3, -0.25) is 0 Å². The number of aryl methyl sites for hydroxylation is 1. The topological polar surface area (TPSA) is 29.9 Å². The number of nitrogens with one attached hydrogen (secondary N) is 1. The van der Waals surface area contributed by atoms with Crippen LogP contribution in [0.5, 0.6) is 0 Å². The van der Waals surface area contributed by atoms with E-state index in [2.05, 4.69) is 10.3 Å². The van der Waals surface area contributed by atoms with E-state index >= 15 is 0 Å². The molecule has 1 aromatic heterocycles. The maximum absolute atomic E-state index is 13.7. The third kappa shape index (κ3) is 2.34. The van der Waals surface area contributed by atoms with Crippen LogP contribution in [0.4, 0.5) is 10.1 Å². The molecule has 3 rings (SSSR count). The molecule has 0 aliphatic carbocycles. The average molecular weight is 290 g/mol. The van der Waals surface area contributed by atoms with Crippen LogP contribution in [0.1, 0.15) is 5.82 Å². The Kier molecular flexibility index (Phi) is 3.32. The van der Waals surface area contributed by atoms with E-state index in [1.165, 1.54) is 6.07 Å². The molecule has 0 aliphatic rings. The van der Waals surface area contributed by atoms with Crippen LogP contribution in [0.2, 0.25) is 5.02 Å². The summed E-state index contributed by atoms with van der Waals surface area (Å²) in [5, 5.41) is 3.94. The van der Waals surface area contributed by atoms with Gasteiger partial charge in [-0.15, -0.1) is 0 Å². The van der Waals surface area contributed by atoms with Crippen LogP contribution in [0, 0.1) is 5.82 Å². The molecule has 1 heterocycles. The van der Waals surface area contributed by atoms with Crippen LogP contribution < -0.4 is 5.32 Å². The zero-order valence-corrected chi connectivity index (χ0v) is 11.7. The summed E-state index contributed by atoms with van der Waals surface area (Å²) in [6.07, 6.45) is 0. The highest BCUT2D eigenvalue weighted by Crippen LogP contribution is 2.19. The predicted octanol–water partition coefficient (Wildman–Crippen LogP) is 3.98. The minimum Gasteiger partial charge on any atom is -0.378 e. The van der Waals surface area contributed by atoms with Crippen molar-refractivity contribution in [3.05, 3.63) is 59.1 Å². The summed E-state index contributed by atoms with van der Waals surface area (Å²) in [6, 6.07) is 12.4. The minimum absolute atomic E-state index is 0.296. The largest absolute Gasteiger partial charge is 0.378 e. The summed E-state index contributed by atoms with van der Waals surface area (Å²) in [7, 11) is 1.88. The number of halogens is 2. The second-order valence-corrected chi connectivity index (χ2v) is 4.99. The van der Waals surface area contributed by atoms with Crippen molar-refractivity contribution in [2.24, 2.45) is 7.05 Å². The number of anilines is 1. The SMILES string of the molecule is Cn1c(CNc2ccc(Cl)cc2)nc2c(F)cccc21. The molecule has 0 saturated carbocycles. The first-order chi connectivity index (χ1) is 9.65. The molecule has 0 radical (unpaired) electrons. The molecule has 0 bridgehead atoms. The number of nitrogens with zero attached hydrogens (tertiary/aromatic N) is 2. The Morgan fingerprint density at radius 2 is 1.95 bits per heavy atom. The predicted molar refractivity (Wildman–Crippen MR) is 79.5 cm³/mol. The molecule has 0 aliphatic heterocycles. The van der Waals surface area contributed by atoms with Gasteiger partial charge in [-0.1, -0.05) is 17.7 Å². The summed E-state index contributed by atoms with van der Waals surface area (Å²) < 4.78 is 15.6. The lowest BCUT2D eigenvalue weighted by atomic mass is 10.3. The molecule has 3 nitrogen and oxygen atoms in total. The van der Waals surface area contributed by atoms with E-state index < -0.39 is 0 Å². The van der Waals surface area contributed by atoms with Gasteiger partial charge in [0.05, 0.1) is 12.1 Å². The molecule has 1 N–H and O–H groups in total. The lowest BCUT2D eigenvalue weighted by molar-refractivity contribution is 0.637. The number of hydrogen-bond acceptors (Lipinski definition) is 2. The number of aromatic nitrogens is 2. The van der Waals surface area contributed by atoms with Crippen LogP contribution in [-0.4, -0.2) is 9.55 Å². The monoisotopic (exact) mass is 289 g/mol. The van der Waals surface area contributed by atoms with Gasteiger partial charge in [-0.2, -0.15) is 0 Å². The third-order valence-electron chi connectivity index (χ3n) is 3.25. The minimum atomic E-state index is -0.296. The van der Waals surface area contributed by atoms with Gasteiger partial charge in [0, 0.05) is 17.8 Å². The maximum Gasteiger partial charge on any atom is 0.151 e. The van der Waals surface area contributed by atoms with Crippen molar-refractivity contribution in [3.8, 4) is 0 Å². The molecular weight excluding hydrogens is 277 g/mol. The summed E-state index contributed by atoms with van der Waals surface area (Å²) >= 11 is 5.84. The van der Waals surface area contributed by atoms with Crippen LogP contribution in [0.15, 0.2) is 42.5 Å². The van der Waals surface area contributed by atoms with Gasteiger partial charge >= 0.3 is 0 Å². The molecule has 0 fully saturated rings. The fraction of sp³-hybridized carbons (Fsp3) is 0.133. The quantitative estimate of drug-likeness (QED) is 0.790. The van der Waals surface area contributed by atoms with Crippen LogP contribution >= 0.6 is 11.6 Å². The zero-order valence-electron chi connectivity index (χ0n) is 10.9. The maximum atomic E-state index is 13.7. The summed E-state index contributed by atoms with van der Waals surface area (Å²) in [5.41, 5.74) is 2.14. The molecule has 2 aromatic carbocycles. The first-order valence-corrected chi connectivity index (χ1v) is 6.62. The number of imidazole rings is 1. The Balaban J connectivity index is 1.86. The van der Waals surface area contributed by atoms with Gasteiger partial charge in [0.15, 0.2) is 5.82 Å². The van der Waals surface area contributed by atoms with E-state index in [1.54, 1.807) is 6.07 Å². The van der Waals surface area contributed by atoms with Crippen LogP contribution in [0.25, 0.3) is 11.0 Å². The smallest absolute Gasteiger partial charge is 0.151 e. The fourth-order valence-electron chi connectivity index (χ4n) is 2.14. The molecule has 0 amide bonds. The van der Waals surface area contributed by atoms with Gasteiger partial charge in [0.2, 0.25) is 0 Å². The Morgan fingerprint density at radius 1 is 1.20 bits per heavy atom. The zero-order chi connectivity index (χ0) is 14.1. The lowest BCUT2D eigenvalue weighted by Gasteiger charge is -2.06. The van der Waals surface area contributed by atoms with Crippen molar-refractivity contribution in [3.63, 3.8) is 0 Å². The van der Waals surface area contributed by atoms with E-state index in [-0.39, 0.29) is 5.82 Å². The number of benzene rings is 2. The molecule has 0 unspecified atom stereocenters. The lowest BCUT2D eigenvalue weighted by Crippen LogP contribution is -2.05.